The summed E-state index contributed by atoms with van der Waals surface area (Å²) in [7, 11) is 2.18. The van der Waals surface area contributed by atoms with Crippen LogP contribution in [0.3, 0.4) is 0 Å². The molecule has 2 aromatic heterocycles. The molecule has 0 saturated carbocycles. The molecule has 1 spiro atoms. The van der Waals surface area contributed by atoms with Gasteiger partial charge in [-0.2, -0.15) is 0 Å². The van der Waals surface area contributed by atoms with E-state index in [1.807, 2.05) is 18.5 Å². The van der Waals surface area contributed by atoms with Gasteiger partial charge in [0.05, 0.1) is 5.54 Å². The van der Waals surface area contributed by atoms with Crippen molar-refractivity contribution in [2.45, 2.75) is 31.7 Å². The quantitative estimate of drug-likeness (QED) is 0.796. The third-order valence-corrected chi connectivity index (χ3v) is 5.33. The summed E-state index contributed by atoms with van der Waals surface area (Å²) in [6.07, 6.45) is 5.17. The maximum absolute atomic E-state index is 6.14. The fourth-order valence-corrected chi connectivity index (χ4v) is 4.11. The number of likely N-dealkylation sites (N-methyl/N-ethyl adjacent to an activating group) is 1. The van der Waals surface area contributed by atoms with Crippen LogP contribution in [-0.4, -0.2) is 47.1 Å². The minimum absolute atomic E-state index is 0.299. The van der Waals surface area contributed by atoms with E-state index < -0.39 is 0 Å². The highest BCUT2D eigenvalue weighted by Gasteiger charge is 2.52. The topological polar surface area (TPSA) is 32.3 Å². The summed E-state index contributed by atoms with van der Waals surface area (Å²) in [6.45, 7) is 7.72. The number of aromatic nitrogens is 2. The van der Waals surface area contributed by atoms with Gasteiger partial charge in [0.15, 0.2) is 0 Å². The Morgan fingerprint density at radius 1 is 1.18 bits per heavy atom. The first-order valence-corrected chi connectivity index (χ1v) is 8.28. The molecule has 0 bridgehead atoms. The van der Waals surface area contributed by atoms with Crippen molar-refractivity contribution in [1.29, 1.82) is 0 Å². The number of pyridine rings is 2. The Kier molecular flexibility index (Phi) is 3.10. The lowest BCUT2D eigenvalue weighted by atomic mass is 9.77. The van der Waals surface area contributed by atoms with E-state index >= 15 is 0 Å². The zero-order valence-electron chi connectivity index (χ0n) is 13.3. The van der Waals surface area contributed by atoms with E-state index in [-0.39, 0.29) is 0 Å². The van der Waals surface area contributed by atoms with Gasteiger partial charge in [-0.3, -0.25) is 0 Å². The van der Waals surface area contributed by atoms with Crippen LogP contribution < -0.4 is 4.90 Å². The van der Waals surface area contributed by atoms with Crippen molar-refractivity contribution < 1.29 is 0 Å². The Morgan fingerprint density at radius 3 is 2.55 bits per heavy atom. The first kappa shape index (κ1) is 14.2. The highest BCUT2D eigenvalue weighted by atomic mass is 35.5. The lowest BCUT2D eigenvalue weighted by Crippen LogP contribution is -2.76. The summed E-state index contributed by atoms with van der Waals surface area (Å²) in [5, 5.41) is 2.87. The summed E-state index contributed by atoms with van der Waals surface area (Å²) in [6, 6.07) is 1.98. The standard InChI is InChI=1S/C17H21ClN4/c1-11(2)13-7-20-16(14-8-19-15(18)6-12(13)14)22-5-4-17(22)9-21(3)10-17/h6-8,11H,4-5,9-10H2,1-3H3. The zero-order chi connectivity index (χ0) is 15.5. The van der Waals surface area contributed by atoms with Crippen molar-refractivity contribution in [2.24, 2.45) is 0 Å². The average molecular weight is 317 g/mol. The van der Waals surface area contributed by atoms with E-state index in [1.54, 1.807) is 0 Å². The van der Waals surface area contributed by atoms with Crippen LogP contribution in [0, 0.1) is 0 Å². The number of likely N-dealkylation sites (tertiary alicyclic amines) is 1. The molecule has 0 N–H and O–H groups in total. The highest BCUT2D eigenvalue weighted by molar-refractivity contribution is 6.30. The number of anilines is 1. The Bertz CT molecular complexity index is 737. The fourth-order valence-electron chi connectivity index (χ4n) is 3.95. The maximum Gasteiger partial charge on any atom is 0.138 e. The van der Waals surface area contributed by atoms with E-state index in [0.29, 0.717) is 16.6 Å². The van der Waals surface area contributed by atoms with Crippen LogP contribution in [0.15, 0.2) is 18.5 Å². The molecule has 5 heteroatoms. The lowest BCUT2D eigenvalue weighted by Gasteiger charge is -2.62. The van der Waals surface area contributed by atoms with Gasteiger partial charge >= 0.3 is 0 Å². The normalized spacial score (nSPS) is 20.5. The number of hydrogen-bond donors (Lipinski definition) is 0. The molecule has 22 heavy (non-hydrogen) atoms. The Labute approximate surface area is 136 Å². The van der Waals surface area contributed by atoms with Crippen LogP contribution in [0.4, 0.5) is 5.82 Å². The van der Waals surface area contributed by atoms with Gasteiger partial charge in [0.2, 0.25) is 0 Å². The van der Waals surface area contributed by atoms with Crippen LogP contribution in [0.1, 0.15) is 31.7 Å². The minimum Gasteiger partial charge on any atom is -0.348 e. The van der Waals surface area contributed by atoms with Gasteiger partial charge in [-0.15, -0.1) is 0 Å². The predicted molar refractivity (Wildman–Crippen MR) is 90.8 cm³/mol. The van der Waals surface area contributed by atoms with Crippen molar-refractivity contribution in [1.82, 2.24) is 14.9 Å². The van der Waals surface area contributed by atoms with Crippen molar-refractivity contribution >= 4 is 28.2 Å². The molecular weight excluding hydrogens is 296 g/mol. The summed E-state index contributed by atoms with van der Waals surface area (Å²) in [5.74, 6) is 1.49. The van der Waals surface area contributed by atoms with Crippen molar-refractivity contribution in [3.63, 3.8) is 0 Å². The molecule has 0 unspecified atom stereocenters. The van der Waals surface area contributed by atoms with Crippen molar-refractivity contribution in [3.8, 4) is 0 Å². The Balaban J connectivity index is 1.84. The molecule has 2 aliphatic rings. The monoisotopic (exact) mass is 316 g/mol. The van der Waals surface area contributed by atoms with Crippen molar-refractivity contribution in [3.05, 3.63) is 29.2 Å². The molecule has 2 saturated heterocycles. The largest absolute Gasteiger partial charge is 0.348 e. The van der Waals surface area contributed by atoms with Gasteiger partial charge in [0.25, 0.3) is 0 Å². The number of nitrogens with zero attached hydrogens (tertiary/aromatic N) is 4. The number of hydrogen-bond acceptors (Lipinski definition) is 4. The molecule has 2 aromatic rings. The number of fused-ring (bicyclic) bond motifs is 1. The Hall–Kier alpha value is -1.39. The molecule has 4 heterocycles. The Morgan fingerprint density at radius 2 is 1.95 bits per heavy atom. The molecule has 0 aromatic carbocycles. The smallest absolute Gasteiger partial charge is 0.138 e. The van der Waals surface area contributed by atoms with Gasteiger partial charge in [-0.1, -0.05) is 25.4 Å². The first-order chi connectivity index (χ1) is 10.5. The first-order valence-electron chi connectivity index (χ1n) is 7.90. The minimum atomic E-state index is 0.299. The summed E-state index contributed by atoms with van der Waals surface area (Å²) >= 11 is 6.14. The van der Waals surface area contributed by atoms with Crippen LogP contribution in [0.2, 0.25) is 5.15 Å². The van der Waals surface area contributed by atoms with Gasteiger partial charge in [-0.25, -0.2) is 9.97 Å². The van der Waals surface area contributed by atoms with E-state index in [0.717, 1.165) is 30.8 Å². The summed E-state index contributed by atoms with van der Waals surface area (Å²) in [5.41, 5.74) is 1.54. The SMILES string of the molecule is CC(C)c1cnc(N2CCC23CN(C)C3)c2cnc(Cl)cc12. The lowest BCUT2D eigenvalue weighted by molar-refractivity contribution is 0.0464. The van der Waals surface area contributed by atoms with Crippen LogP contribution in [-0.2, 0) is 0 Å². The summed E-state index contributed by atoms with van der Waals surface area (Å²) < 4.78 is 0. The van der Waals surface area contributed by atoms with Gasteiger partial charge < -0.3 is 9.80 Å². The average Bonchev–Trinajstić information content (AvgIpc) is 2.42. The molecular formula is C17H21ClN4. The second-order valence-electron chi connectivity index (χ2n) is 7.04. The fraction of sp³-hybridized carbons (Fsp3) is 0.529. The van der Waals surface area contributed by atoms with E-state index in [1.165, 1.54) is 17.4 Å². The third-order valence-electron chi connectivity index (χ3n) is 5.13. The molecule has 2 aliphatic heterocycles. The maximum atomic E-state index is 6.14. The van der Waals surface area contributed by atoms with Gasteiger partial charge in [0.1, 0.15) is 11.0 Å². The molecule has 0 amide bonds. The molecule has 4 nitrogen and oxygen atoms in total. The highest BCUT2D eigenvalue weighted by Crippen LogP contribution is 2.44. The van der Waals surface area contributed by atoms with Crippen molar-refractivity contribution in [2.75, 3.05) is 31.6 Å². The predicted octanol–water partition coefficient (Wildman–Crippen LogP) is 3.30. The zero-order valence-corrected chi connectivity index (χ0v) is 14.1. The van der Waals surface area contributed by atoms with Gasteiger partial charge in [0, 0.05) is 37.4 Å². The number of rotatable bonds is 2. The third kappa shape index (κ3) is 1.94. The summed E-state index contributed by atoms with van der Waals surface area (Å²) in [4.78, 5) is 13.9. The van der Waals surface area contributed by atoms with E-state index in [9.17, 15) is 0 Å². The molecule has 0 aliphatic carbocycles. The van der Waals surface area contributed by atoms with Crippen LogP contribution in [0.5, 0.6) is 0 Å². The second-order valence-corrected chi connectivity index (χ2v) is 7.43. The van der Waals surface area contributed by atoms with E-state index in [4.69, 9.17) is 16.6 Å². The molecule has 0 radical (unpaired) electrons. The van der Waals surface area contributed by atoms with Gasteiger partial charge in [-0.05, 0) is 36.4 Å². The molecule has 0 atom stereocenters. The number of halogens is 1. The van der Waals surface area contributed by atoms with E-state index in [2.05, 4.69) is 35.7 Å². The molecule has 4 rings (SSSR count). The second kappa shape index (κ2) is 4.80. The van der Waals surface area contributed by atoms with Crippen LogP contribution in [0.25, 0.3) is 10.8 Å². The molecule has 2 fully saturated rings. The van der Waals surface area contributed by atoms with Crippen LogP contribution >= 0.6 is 11.6 Å². The molecule has 116 valence electrons.